The molecule has 166 valence electrons. The van der Waals surface area contributed by atoms with Crippen LogP contribution in [0.15, 0.2) is 40.3 Å². The normalized spacial score (nSPS) is 17.3. The Kier molecular flexibility index (Phi) is 6.11. The Morgan fingerprint density at radius 2 is 1.97 bits per heavy atom. The number of aliphatic imine (C=N–C) groups is 2. The molecule has 1 atom stereocenters. The summed E-state index contributed by atoms with van der Waals surface area (Å²) in [6, 6.07) is 9.06. The van der Waals surface area contributed by atoms with Gasteiger partial charge in [0.05, 0.1) is 18.7 Å². The van der Waals surface area contributed by atoms with Crippen molar-refractivity contribution in [2.24, 2.45) is 15.9 Å². The first-order chi connectivity index (χ1) is 15.4. The van der Waals surface area contributed by atoms with E-state index in [0.717, 1.165) is 36.3 Å². The number of carbonyl (C=O) groups excluding carboxylic acids is 3. The Bertz CT molecular complexity index is 1120. The maximum Gasteiger partial charge on any atom is 0.314 e. The molecule has 1 saturated carbocycles. The number of hydrogen-bond acceptors (Lipinski definition) is 6. The highest BCUT2D eigenvalue weighted by Gasteiger charge is 2.33. The van der Waals surface area contributed by atoms with E-state index in [4.69, 9.17) is 4.74 Å². The second-order valence-electron chi connectivity index (χ2n) is 7.69. The number of nitrogens with one attached hydrogen (secondary N) is 2. The molecule has 1 unspecified atom stereocenters. The van der Waals surface area contributed by atoms with Crippen molar-refractivity contribution >= 4 is 35.2 Å². The van der Waals surface area contributed by atoms with Crippen LogP contribution in [-0.4, -0.2) is 52.8 Å². The number of aromatic nitrogens is 2. The number of benzene rings is 1. The molecule has 10 heteroatoms. The summed E-state index contributed by atoms with van der Waals surface area (Å²) in [5.41, 5.74) is 2.38. The van der Waals surface area contributed by atoms with Gasteiger partial charge in [0.15, 0.2) is 0 Å². The topological polar surface area (TPSA) is 127 Å². The van der Waals surface area contributed by atoms with Gasteiger partial charge in [0.25, 0.3) is 11.9 Å². The van der Waals surface area contributed by atoms with E-state index in [2.05, 4.69) is 25.7 Å². The van der Waals surface area contributed by atoms with Gasteiger partial charge in [-0.3, -0.25) is 14.4 Å². The van der Waals surface area contributed by atoms with Gasteiger partial charge in [-0.05, 0) is 50.3 Å². The van der Waals surface area contributed by atoms with Crippen molar-refractivity contribution in [1.82, 2.24) is 15.1 Å². The van der Waals surface area contributed by atoms with Crippen LogP contribution >= 0.6 is 0 Å². The molecule has 4 rings (SSSR count). The van der Waals surface area contributed by atoms with E-state index in [0.29, 0.717) is 18.7 Å². The molecule has 32 heavy (non-hydrogen) atoms. The lowest BCUT2D eigenvalue weighted by molar-refractivity contribution is -0.136. The smallest absolute Gasteiger partial charge is 0.314 e. The molecule has 0 bridgehead atoms. The van der Waals surface area contributed by atoms with E-state index in [1.807, 2.05) is 24.3 Å². The fourth-order valence-corrected chi connectivity index (χ4v) is 3.76. The Labute approximate surface area is 184 Å². The van der Waals surface area contributed by atoms with Gasteiger partial charge in [0.1, 0.15) is 11.6 Å². The van der Waals surface area contributed by atoms with E-state index < -0.39 is 11.8 Å². The molecule has 0 spiro atoms. The van der Waals surface area contributed by atoms with Gasteiger partial charge in [-0.1, -0.05) is 12.1 Å². The highest BCUT2D eigenvalue weighted by Crippen LogP contribution is 2.27. The predicted molar refractivity (Wildman–Crippen MR) is 118 cm³/mol. The molecule has 1 fully saturated rings. The van der Waals surface area contributed by atoms with Crippen LogP contribution in [0.1, 0.15) is 30.5 Å². The van der Waals surface area contributed by atoms with E-state index in [1.165, 1.54) is 4.68 Å². The Hall–Kier alpha value is -3.82. The molecule has 1 aliphatic heterocycles. The fourth-order valence-electron chi connectivity index (χ4n) is 3.76. The molecule has 0 radical (unpaired) electrons. The zero-order valence-electron chi connectivity index (χ0n) is 17.9. The Morgan fingerprint density at radius 3 is 2.72 bits per heavy atom. The first-order valence-electron chi connectivity index (χ1n) is 10.4. The van der Waals surface area contributed by atoms with Gasteiger partial charge < -0.3 is 15.4 Å². The average Bonchev–Trinajstić information content (AvgIpc) is 3.40. The monoisotopic (exact) mass is 436 g/mol. The summed E-state index contributed by atoms with van der Waals surface area (Å²) in [6.45, 7) is 2.03. The zero-order valence-corrected chi connectivity index (χ0v) is 17.9. The third-order valence-corrected chi connectivity index (χ3v) is 5.41. The lowest BCUT2D eigenvalue weighted by Gasteiger charge is -2.15. The minimum Gasteiger partial charge on any atom is -0.497 e. The van der Waals surface area contributed by atoms with E-state index >= 15 is 0 Å². The van der Waals surface area contributed by atoms with Crippen LogP contribution in [0.2, 0.25) is 0 Å². The van der Waals surface area contributed by atoms with Gasteiger partial charge >= 0.3 is 11.8 Å². The summed E-state index contributed by atoms with van der Waals surface area (Å²) in [5.74, 6) is -1.02. The van der Waals surface area contributed by atoms with Crippen molar-refractivity contribution in [1.29, 1.82) is 0 Å². The molecule has 2 heterocycles. The standard InChI is InChI=1S/C22H24N6O4/c1-13-12-18(28(27-13)22-24-17-5-3-4-16(17)19(29)26-22)25-21(31)20(30)23-11-10-14-6-8-15(32-2)9-7-14/h6-9,12,16H,3-5,10-11H2,1-2H3,(H,23,30)(H,25,31). The summed E-state index contributed by atoms with van der Waals surface area (Å²) in [6.07, 6.45) is 2.97. The van der Waals surface area contributed by atoms with Crippen molar-refractivity contribution in [2.45, 2.75) is 32.6 Å². The summed E-state index contributed by atoms with van der Waals surface area (Å²) in [5, 5.41) is 9.42. The first-order valence-corrected chi connectivity index (χ1v) is 10.4. The lowest BCUT2D eigenvalue weighted by atomic mass is 10.1. The second-order valence-corrected chi connectivity index (χ2v) is 7.69. The van der Waals surface area contributed by atoms with Crippen LogP contribution in [0.4, 0.5) is 5.82 Å². The minimum atomic E-state index is -0.838. The number of hydrogen-bond donors (Lipinski definition) is 2. The summed E-state index contributed by atoms with van der Waals surface area (Å²) < 4.78 is 6.41. The van der Waals surface area contributed by atoms with Crippen molar-refractivity contribution in [3.63, 3.8) is 0 Å². The van der Waals surface area contributed by atoms with Crippen molar-refractivity contribution in [3.8, 4) is 5.75 Å². The van der Waals surface area contributed by atoms with E-state index in [-0.39, 0.29) is 23.6 Å². The number of anilines is 1. The van der Waals surface area contributed by atoms with Crippen LogP contribution in [0.25, 0.3) is 0 Å². The number of carbonyl (C=O) groups is 3. The zero-order chi connectivity index (χ0) is 22.7. The van der Waals surface area contributed by atoms with Crippen molar-refractivity contribution < 1.29 is 19.1 Å². The Morgan fingerprint density at radius 1 is 1.19 bits per heavy atom. The molecular formula is C22H24N6O4. The highest BCUT2D eigenvalue weighted by molar-refractivity contribution is 6.39. The van der Waals surface area contributed by atoms with Gasteiger partial charge in [0, 0.05) is 18.3 Å². The predicted octanol–water partition coefficient (Wildman–Crippen LogP) is 1.48. The molecule has 1 aliphatic carbocycles. The minimum absolute atomic E-state index is 0.103. The van der Waals surface area contributed by atoms with Gasteiger partial charge in [0.2, 0.25) is 0 Å². The SMILES string of the molecule is COc1ccc(CCNC(=O)C(=O)Nc2cc(C)nn2C2=NC(=O)C3CCCC3=N2)cc1. The average molecular weight is 436 g/mol. The molecule has 10 nitrogen and oxygen atoms in total. The Balaban J connectivity index is 1.38. The van der Waals surface area contributed by atoms with Gasteiger partial charge in [-0.25, -0.2) is 4.99 Å². The number of fused-ring (bicyclic) bond motifs is 1. The molecule has 3 amide bonds. The van der Waals surface area contributed by atoms with E-state index in [9.17, 15) is 14.4 Å². The third-order valence-electron chi connectivity index (χ3n) is 5.41. The molecule has 0 saturated heterocycles. The molecule has 2 aliphatic rings. The van der Waals surface area contributed by atoms with Crippen LogP contribution < -0.4 is 15.4 Å². The van der Waals surface area contributed by atoms with Crippen molar-refractivity contribution in [3.05, 3.63) is 41.6 Å². The fraction of sp³-hybridized carbons (Fsp3) is 0.364. The van der Waals surface area contributed by atoms with Crippen LogP contribution in [0.3, 0.4) is 0 Å². The summed E-state index contributed by atoms with van der Waals surface area (Å²) >= 11 is 0. The lowest BCUT2D eigenvalue weighted by Crippen LogP contribution is -2.37. The van der Waals surface area contributed by atoms with E-state index in [1.54, 1.807) is 20.1 Å². The number of methoxy groups -OCH3 is 1. The van der Waals surface area contributed by atoms with Crippen molar-refractivity contribution in [2.75, 3.05) is 19.0 Å². The van der Waals surface area contributed by atoms with Crippen LogP contribution in [-0.2, 0) is 20.8 Å². The molecule has 1 aromatic heterocycles. The number of nitrogens with zero attached hydrogens (tertiary/aromatic N) is 4. The summed E-state index contributed by atoms with van der Waals surface area (Å²) in [4.78, 5) is 45.5. The highest BCUT2D eigenvalue weighted by atomic mass is 16.5. The number of rotatable bonds is 5. The number of ether oxygens (including phenoxy) is 1. The maximum absolute atomic E-state index is 12.4. The van der Waals surface area contributed by atoms with Gasteiger partial charge in [-0.2, -0.15) is 14.8 Å². The quantitative estimate of drug-likeness (QED) is 0.687. The molecule has 2 aromatic rings. The molecular weight excluding hydrogens is 412 g/mol. The van der Waals surface area contributed by atoms with Gasteiger partial charge in [-0.15, -0.1) is 0 Å². The number of amides is 3. The second kappa shape index (κ2) is 9.13. The molecule has 1 aromatic carbocycles. The van der Waals surface area contributed by atoms with Crippen LogP contribution in [0, 0.1) is 12.8 Å². The summed E-state index contributed by atoms with van der Waals surface area (Å²) in [7, 11) is 1.60. The number of aryl methyl sites for hydroxylation is 1. The first kappa shape index (κ1) is 21.4. The largest absolute Gasteiger partial charge is 0.497 e. The molecule has 2 N–H and O–H groups in total. The third kappa shape index (κ3) is 4.58. The maximum atomic E-state index is 12.4. The van der Waals surface area contributed by atoms with Crippen LogP contribution in [0.5, 0.6) is 5.75 Å².